The first-order valence-electron chi connectivity index (χ1n) is 8.85. The van der Waals surface area contributed by atoms with Crippen molar-refractivity contribution in [2.75, 3.05) is 23.7 Å². The Kier molecular flexibility index (Phi) is 5.53. The molecule has 2 aliphatic rings. The molecule has 25 heavy (non-hydrogen) atoms. The fourth-order valence-electron chi connectivity index (χ4n) is 2.80. The average Bonchev–Trinajstić information content (AvgIpc) is 3.40. The number of rotatable bonds is 5. The van der Waals surface area contributed by atoms with Gasteiger partial charge < -0.3 is 20.9 Å². The van der Waals surface area contributed by atoms with Crippen molar-refractivity contribution in [3.8, 4) is 0 Å². The molecular formula is C18H24N4O3. The standard InChI is InChI=1S/C18H24N4O3/c23-16(12-22-11-3-1-2-4-17(22)24)19-13-5-7-14(8-6-13)20-18(25)21-15-9-10-15/h5-8,15H,1-4,9-12H2,(H,19,23)(H2,20,21,25). The normalized spacial score (nSPS) is 17.6. The van der Waals surface area contributed by atoms with Crippen molar-refractivity contribution in [3.05, 3.63) is 24.3 Å². The molecule has 1 heterocycles. The fourth-order valence-corrected chi connectivity index (χ4v) is 2.80. The Morgan fingerprint density at radius 2 is 1.68 bits per heavy atom. The van der Waals surface area contributed by atoms with Crippen LogP contribution in [0.2, 0.25) is 0 Å². The van der Waals surface area contributed by atoms with Crippen molar-refractivity contribution in [2.45, 2.75) is 44.6 Å². The number of urea groups is 1. The smallest absolute Gasteiger partial charge is 0.319 e. The van der Waals surface area contributed by atoms with Crippen molar-refractivity contribution >= 4 is 29.2 Å². The minimum absolute atomic E-state index is 0.0499. The number of carbonyl (C=O) groups is 3. The van der Waals surface area contributed by atoms with E-state index in [1.807, 2.05) is 0 Å². The van der Waals surface area contributed by atoms with Gasteiger partial charge in [-0.25, -0.2) is 4.79 Å². The van der Waals surface area contributed by atoms with Crippen molar-refractivity contribution in [3.63, 3.8) is 0 Å². The summed E-state index contributed by atoms with van der Waals surface area (Å²) in [5.41, 5.74) is 1.30. The number of anilines is 2. The number of hydrogen-bond donors (Lipinski definition) is 3. The van der Waals surface area contributed by atoms with E-state index in [4.69, 9.17) is 0 Å². The Labute approximate surface area is 147 Å². The monoisotopic (exact) mass is 344 g/mol. The third kappa shape index (κ3) is 5.48. The maximum atomic E-state index is 12.1. The number of amides is 4. The predicted molar refractivity (Wildman–Crippen MR) is 95.3 cm³/mol. The van der Waals surface area contributed by atoms with Gasteiger partial charge >= 0.3 is 6.03 Å². The second-order valence-corrected chi connectivity index (χ2v) is 6.62. The molecule has 1 aliphatic carbocycles. The topological polar surface area (TPSA) is 90.5 Å². The zero-order valence-corrected chi connectivity index (χ0v) is 14.2. The first-order valence-corrected chi connectivity index (χ1v) is 8.85. The molecule has 3 rings (SSSR count). The molecule has 0 atom stereocenters. The van der Waals surface area contributed by atoms with Gasteiger partial charge in [-0.2, -0.15) is 0 Å². The molecule has 7 heteroatoms. The maximum Gasteiger partial charge on any atom is 0.319 e. The minimum Gasteiger partial charge on any atom is -0.335 e. The van der Waals surface area contributed by atoms with Gasteiger partial charge in [0.1, 0.15) is 0 Å². The van der Waals surface area contributed by atoms with Crippen molar-refractivity contribution in [1.82, 2.24) is 10.2 Å². The Hall–Kier alpha value is -2.57. The summed E-state index contributed by atoms with van der Waals surface area (Å²) >= 11 is 0. The van der Waals surface area contributed by atoms with Gasteiger partial charge in [-0.05, 0) is 49.9 Å². The van der Waals surface area contributed by atoms with E-state index in [1.165, 1.54) is 0 Å². The molecule has 0 unspecified atom stereocenters. The first-order chi connectivity index (χ1) is 12.1. The van der Waals surface area contributed by atoms with Crippen LogP contribution in [0.15, 0.2) is 24.3 Å². The first kappa shape index (κ1) is 17.3. The Morgan fingerprint density at radius 1 is 1.00 bits per heavy atom. The van der Waals surface area contributed by atoms with Crippen LogP contribution in [-0.4, -0.2) is 41.9 Å². The minimum atomic E-state index is -0.209. The number of likely N-dealkylation sites (tertiary alicyclic amines) is 1. The number of hydrogen-bond acceptors (Lipinski definition) is 3. The zero-order chi connectivity index (χ0) is 17.6. The van der Waals surface area contributed by atoms with Crippen LogP contribution in [0.3, 0.4) is 0 Å². The molecule has 0 bridgehead atoms. The van der Waals surface area contributed by atoms with Gasteiger partial charge in [0.05, 0.1) is 6.54 Å². The van der Waals surface area contributed by atoms with Crippen LogP contribution in [0.1, 0.15) is 38.5 Å². The highest BCUT2D eigenvalue weighted by molar-refractivity contribution is 5.95. The number of nitrogens with zero attached hydrogens (tertiary/aromatic N) is 1. The molecule has 4 amide bonds. The third-order valence-corrected chi connectivity index (χ3v) is 4.34. The van der Waals surface area contributed by atoms with Gasteiger partial charge in [-0.1, -0.05) is 6.42 Å². The molecule has 7 nitrogen and oxygen atoms in total. The van der Waals surface area contributed by atoms with Gasteiger partial charge in [-0.15, -0.1) is 0 Å². The molecular weight excluding hydrogens is 320 g/mol. The molecule has 2 fully saturated rings. The summed E-state index contributed by atoms with van der Waals surface area (Å²) < 4.78 is 0. The lowest BCUT2D eigenvalue weighted by Gasteiger charge is -2.19. The number of nitrogens with one attached hydrogen (secondary N) is 3. The van der Waals surface area contributed by atoms with E-state index in [1.54, 1.807) is 29.2 Å². The molecule has 3 N–H and O–H groups in total. The van der Waals surface area contributed by atoms with Crippen LogP contribution in [0.25, 0.3) is 0 Å². The van der Waals surface area contributed by atoms with Gasteiger partial charge in [0.25, 0.3) is 0 Å². The summed E-state index contributed by atoms with van der Waals surface area (Å²) in [5, 5.41) is 8.40. The Morgan fingerprint density at radius 3 is 2.36 bits per heavy atom. The SMILES string of the molecule is O=C(CN1CCCCCC1=O)Nc1ccc(NC(=O)NC2CC2)cc1. The van der Waals surface area contributed by atoms with E-state index >= 15 is 0 Å². The van der Waals surface area contributed by atoms with Crippen LogP contribution in [0.5, 0.6) is 0 Å². The number of carbonyl (C=O) groups excluding carboxylic acids is 3. The molecule has 0 aromatic heterocycles. The van der Waals surface area contributed by atoms with Gasteiger partial charge in [0, 0.05) is 30.4 Å². The summed E-state index contributed by atoms with van der Waals surface area (Å²) in [6.07, 6.45) is 5.49. The van der Waals surface area contributed by atoms with Gasteiger partial charge in [-0.3, -0.25) is 9.59 Å². The molecule has 0 spiro atoms. The second kappa shape index (κ2) is 8.00. The Bertz CT molecular complexity index is 640. The van der Waals surface area contributed by atoms with E-state index < -0.39 is 0 Å². The molecule has 1 saturated carbocycles. The summed E-state index contributed by atoms with van der Waals surface area (Å²) in [7, 11) is 0. The highest BCUT2D eigenvalue weighted by atomic mass is 16.2. The van der Waals surface area contributed by atoms with Crippen LogP contribution >= 0.6 is 0 Å². The third-order valence-electron chi connectivity index (χ3n) is 4.34. The molecule has 1 aliphatic heterocycles. The van der Waals surface area contributed by atoms with E-state index in [0.717, 1.165) is 32.1 Å². The lowest BCUT2D eigenvalue weighted by atomic mass is 10.2. The summed E-state index contributed by atoms with van der Waals surface area (Å²) in [6, 6.07) is 7.03. The van der Waals surface area contributed by atoms with E-state index in [9.17, 15) is 14.4 Å². The number of benzene rings is 1. The average molecular weight is 344 g/mol. The predicted octanol–water partition coefficient (Wildman–Crippen LogP) is 2.31. The highest BCUT2D eigenvalue weighted by Gasteiger charge is 2.23. The summed E-state index contributed by atoms with van der Waals surface area (Å²) in [6.45, 7) is 0.730. The van der Waals surface area contributed by atoms with Crippen molar-refractivity contribution < 1.29 is 14.4 Å². The molecule has 1 saturated heterocycles. The highest BCUT2D eigenvalue weighted by Crippen LogP contribution is 2.19. The van der Waals surface area contributed by atoms with Crippen molar-refractivity contribution in [2.24, 2.45) is 0 Å². The van der Waals surface area contributed by atoms with Crippen LogP contribution < -0.4 is 16.0 Å². The molecule has 1 aromatic carbocycles. The van der Waals surface area contributed by atoms with E-state index in [-0.39, 0.29) is 24.4 Å². The van der Waals surface area contributed by atoms with E-state index in [0.29, 0.717) is 30.4 Å². The van der Waals surface area contributed by atoms with Crippen LogP contribution in [0.4, 0.5) is 16.2 Å². The second-order valence-electron chi connectivity index (χ2n) is 6.62. The molecule has 134 valence electrons. The lowest BCUT2D eigenvalue weighted by Crippen LogP contribution is -2.37. The van der Waals surface area contributed by atoms with Gasteiger partial charge in [0.15, 0.2) is 0 Å². The lowest BCUT2D eigenvalue weighted by molar-refractivity contribution is -0.134. The molecule has 0 radical (unpaired) electrons. The molecule has 1 aromatic rings. The van der Waals surface area contributed by atoms with E-state index in [2.05, 4.69) is 16.0 Å². The Balaban J connectivity index is 1.47. The largest absolute Gasteiger partial charge is 0.335 e. The maximum absolute atomic E-state index is 12.1. The summed E-state index contributed by atoms with van der Waals surface area (Å²) in [5.74, 6) is -0.156. The van der Waals surface area contributed by atoms with Crippen LogP contribution in [0, 0.1) is 0 Å². The van der Waals surface area contributed by atoms with Crippen molar-refractivity contribution in [1.29, 1.82) is 0 Å². The zero-order valence-electron chi connectivity index (χ0n) is 14.2. The fraction of sp³-hybridized carbons (Fsp3) is 0.500. The summed E-state index contributed by atoms with van der Waals surface area (Å²) in [4.78, 5) is 37.4. The van der Waals surface area contributed by atoms with Gasteiger partial charge in [0.2, 0.25) is 11.8 Å². The quantitative estimate of drug-likeness (QED) is 0.765. The van der Waals surface area contributed by atoms with Crippen LogP contribution in [-0.2, 0) is 9.59 Å².